The molecule has 0 bridgehead atoms. The van der Waals surface area contributed by atoms with Crippen molar-refractivity contribution in [3.05, 3.63) is 10.1 Å². The second-order valence-corrected chi connectivity index (χ2v) is 4.76. The third kappa shape index (κ3) is 2.66. The van der Waals surface area contributed by atoms with Crippen molar-refractivity contribution in [2.75, 3.05) is 5.75 Å². The third-order valence-electron chi connectivity index (χ3n) is 2.30. The lowest BCUT2D eigenvalue weighted by molar-refractivity contribution is -0.525. The minimum Gasteiger partial charge on any atom is -0.264 e. The smallest absolute Gasteiger partial charge is 0.214 e. The van der Waals surface area contributed by atoms with Gasteiger partial charge in [0.25, 0.3) is 0 Å². The van der Waals surface area contributed by atoms with E-state index in [0.29, 0.717) is 5.25 Å². The summed E-state index contributed by atoms with van der Waals surface area (Å²) in [6, 6.07) is -0.261. The lowest BCUT2D eigenvalue weighted by Gasteiger charge is -2.23. The molecular formula is C8H15NO2S. The van der Waals surface area contributed by atoms with Gasteiger partial charge in [0.1, 0.15) is 0 Å². The molecule has 0 saturated heterocycles. The zero-order valence-corrected chi connectivity index (χ0v) is 8.18. The Hall–Kier alpha value is -0.250. The van der Waals surface area contributed by atoms with Crippen LogP contribution in [-0.4, -0.2) is 22.0 Å². The zero-order valence-electron chi connectivity index (χ0n) is 7.36. The molecule has 1 aliphatic carbocycles. The highest BCUT2D eigenvalue weighted by Crippen LogP contribution is 2.29. The second kappa shape index (κ2) is 4.70. The van der Waals surface area contributed by atoms with Crippen LogP contribution in [0.15, 0.2) is 0 Å². The average Bonchev–Trinajstić information content (AvgIpc) is 2.05. The maximum atomic E-state index is 10.5. The number of hydrogen-bond donors (Lipinski definition) is 0. The molecule has 0 aromatic rings. The van der Waals surface area contributed by atoms with Crippen molar-refractivity contribution in [2.24, 2.45) is 0 Å². The van der Waals surface area contributed by atoms with Gasteiger partial charge in [-0.1, -0.05) is 6.92 Å². The highest BCUT2D eigenvalue weighted by atomic mass is 32.2. The van der Waals surface area contributed by atoms with E-state index in [1.807, 2.05) is 11.8 Å². The molecule has 1 rings (SSSR count). The highest BCUT2D eigenvalue weighted by Gasteiger charge is 2.29. The fraction of sp³-hybridized carbons (Fsp3) is 1.00. The average molecular weight is 189 g/mol. The van der Waals surface area contributed by atoms with E-state index in [0.717, 1.165) is 25.0 Å². The maximum Gasteiger partial charge on any atom is 0.214 e. The van der Waals surface area contributed by atoms with Crippen molar-refractivity contribution in [3.63, 3.8) is 0 Å². The fourth-order valence-corrected chi connectivity index (χ4v) is 2.86. The summed E-state index contributed by atoms with van der Waals surface area (Å²) < 4.78 is 0. The Kier molecular flexibility index (Phi) is 3.85. The second-order valence-electron chi connectivity index (χ2n) is 3.18. The summed E-state index contributed by atoms with van der Waals surface area (Å²) in [4.78, 5) is 10.4. The summed E-state index contributed by atoms with van der Waals surface area (Å²) in [5.41, 5.74) is 0. The summed E-state index contributed by atoms with van der Waals surface area (Å²) in [6.07, 6.45) is 3.77. The van der Waals surface area contributed by atoms with Gasteiger partial charge in [-0.25, -0.2) is 0 Å². The minimum atomic E-state index is -0.261. The first-order valence-electron chi connectivity index (χ1n) is 4.49. The zero-order chi connectivity index (χ0) is 8.97. The van der Waals surface area contributed by atoms with E-state index >= 15 is 0 Å². The van der Waals surface area contributed by atoms with Crippen LogP contribution < -0.4 is 0 Å². The predicted octanol–water partition coefficient (Wildman–Crippen LogP) is 2.33. The quantitative estimate of drug-likeness (QED) is 0.505. The van der Waals surface area contributed by atoms with Gasteiger partial charge in [-0.15, -0.1) is 0 Å². The molecule has 0 N–H and O–H groups in total. The first-order chi connectivity index (χ1) is 5.74. The molecule has 70 valence electrons. The molecule has 0 amide bonds. The van der Waals surface area contributed by atoms with Gasteiger partial charge in [-0.05, 0) is 18.6 Å². The molecule has 0 heterocycles. The fourth-order valence-electron chi connectivity index (χ4n) is 1.70. The van der Waals surface area contributed by atoms with Crippen LogP contribution in [0.4, 0.5) is 0 Å². The summed E-state index contributed by atoms with van der Waals surface area (Å²) in [5.74, 6) is 1.08. The van der Waals surface area contributed by atoms with Crippen molar-refractivity contribution >= 4 is 11.8 Å². The molecule has 0 spiro atoms. The van der Waals surface area contributed by atoms with Gasteiger partial charge >= 0.3 is 0 Å². The van der Waals surface area contributed by atoms with E-state index in [1.54, 1.807) is 0 Å². The van der Waals surface area contributed by atoms with Crippen molar-refractivity contribution in [3.8, 4) is 0 Å². The van der Waals surface area contributed by atoms with Crippen LogP contribution in [0.5, 0.6) is 0 Å². The third-order valence-corrected chi connectivity index (χ3v) is 3.53. The first kappa shape index (κ1) is 9.84. The van der Waals surface area contributed by atoms with Crippen LogP contribution in [0.25, 0.3) is 0 Å². The molecule has 2 unspecified atom stereocenters. The molecule has 1 saturated carbocycles. The summed E-state index contributed by atoms with van der Waals surface area (Å²) in [6.45, 7) is 2.11. The summed E-state index contributed by atoms with van der Waals surface area (Å²) in [7, 11) is 0. The Balaban J connectivity index is 2.35. The molecule has 4 heteroatoms. The van der Waals surface area contributed by atoms with Crippen LogP contribution in [-0.2, 0) is 0 Å². The van der Waals surface area contributed by atoms with Gasteiger partial charge in [0.2, 0.25) is 6.04 Å². The lowest BCUT2D eigenvalue weighted by Crippen LogP contribution is -2.28. The van der Waals surface area contributed by atoms with E-state index < -0.39 is 0 Å². The highest BCUT2D eigenvalue weighted by molar-refractivity contribution is 7.99. The van der Waals surface area contributed by atoms with Gasteiger partial charge in [0, 0.05) is 23.0 Å². The van der Waals surface area contributed by atoms with E-state index in [9.17, 15) is 10.1 Å². The number of rotatable bonds is 3. The van der Waals surface area contributed by atoms with Gasteiger partial charge < -0.3 is 0 Å². The molecule has 3 nitrogen and oxygen atoms in total. The first-order valence-corrected chi connectivity index (χ1v) is 5.54. The maximum absolute atomic E-state index is 10.5. The van der Waals surface area contributed by atoms with E-state index in [1.165, 1.54) is 6.42 Å². The number of nitrogens with zero attached hydrogens (tertiary/aromatic N) is 1. The Morgan fingerprint density at radius 2 is 2.33 bits per heavy atom. The van der Waals surface area contributed by atoms with Crippen molar-refractivity contribution < 1.29 is 4.92 Å². The standard InChI is InChI=1S/C8H15NO2S/c1-2-12-8-5-3-4-7(6-8)9(10)11/h7-8H,2-6H2,1H3. The Morgan fingerprint density at radius 1 is 1.58 bits per heavy atom. The molecule has 0 radical (unpaired) electrons. The number of hydrogen-bond acceptors (Lipinski definition) is 3. The van der Waals surface area contributed by atoms with Gasteiger partial charge in [-0.3, -0.25) is 10.1 Å². The van der Waals surface area contributed by atoms with E-state index in [-0.39, 0.29) is 11.0 Å². The molecule has 0 aliphatic heterocycles. The van der Waals surface area contributed by atoms with E-state index in [4.69, 9.17) is 0 Å². The van der Waals surface area contributed by atoms with Crippen LogP contribution in [0.3, 0.4) is 0 Å². The van der Waals surface area contributed by atoms with Gasteiger partial charge in [0.15, 0.2) is 0 Å². The van der Waals surface area contributed by atoms with Gasteiger partial charge in [-0.2, -0.15) is 11.8 Å². The molecule has 1 aliphatic rings. The van der Waals surface area contributed by atoms with Crippen molar-refractivity contribution in [1.82, 2.24) is 0 Å². The lowest BCUT2D eigenvalue weighted by atomic mass is 9.96. The predicted molar refractivity (Wildman–Crippen MR) is 51.2 cm³/mol. The normalized spacial score (nSPS) is 30.1. The van der Waals surface area contributed by atoms with Gasteiger partial charge in [0.05, 0.1) is 0 Å². The Labute approximate surface area is 77.1 Å². The Morgan fingerprint density at radius 3 is 2.92 bits per heavy atom. The minimum absolute atomic E-state index is 0.109. The summed E-state index contributed by atoms with van der Waals surface area (Å²) >= 11 is 1.87. The number of nitro groups is 1. The van der Waals surface area contributed by atoms with E-state index in [2.05, 4.69) is 6.92 Å². The molecule has 0 aromatic heterocycles. The molecule has 0 aromatic carbocycles. The van der Waals surface area contributed by atoms with Crippen molar-refractivity contribution in [2.45, 2.75) is 43.9 Å². The van der Waals surface area contributed by atoms with Crippen LogP contribution in [0, 0.1) is 10.1 Å². The molecular weight excluding hydrogens is 174 g/mol. The molecule has 12 heavy (non-hydrogen) atoms. The number of thioether (sulfide) groups is 1. The van der Waals surface area contributed by atoms with Crippen molar-refractivity contribution in [1.29, 1.82) is 0 Å². The molecule has 2 atom stereocenters. The SMILES string of the molecule is CCSC1CCCC([N+](=O)[O-])C1. The van der Waals surface area contributed by atoms with Crippen LogP contribution in [0.2, 0.25) is 0 Å². The summed E-state index contributed by atoms with van der Waals surface area (Å²) in [5, 5.41) is 11.0. The monoisotopic (exact) mass is 189 g/mol. The topological polar surface area (TPSA) is 43.1 Å². The Bertz CT molecular complexity index is 161. The van der Waals surface area contributed by atoms with Crippen LogP contribution in [0.1, 0.15) is 32.6 Å². The van der Waals surface area contributed by atoms with Crippen LogP contribution >= 0.6 is 11.8 Å². The largest absolute Gasteiger partial charge is 0.264 e. The molecule has 1 fully saturated rings.